The molecule has 32 heavy (non-hydrogen) atoms. The summed E-state index contributed by atoms with van der Waals surface area (Å²) < 4.78 is 25.8. The zero-order valence-electron chi connectivity index (χ0n) is 17.8. The number of carbonyl (C=O) groups is 1. The summed E-state index contributed by atoms with van der Waals surface area (Å²) in [5, 5.41) is 0. The van der Waals surface area contributed by atoms with Crippen LogP contribution in [0.4, 0.5) is 4.39 Å². The van der Waals surface area contributed by atoms with Crippen LogP contribution in [0.2, 0.25) is 0 Å². The van der Waals surface area contributed by atoms with Crippen molar-refractivity contribution in [1.82, 2.24) is 4.57 Å². The molecule has 164 valence electrons. The molecule has 4 rings (SSSR count). The van der Waals surface area contributed by atoms with E-state index in [1.807, 2.05) is 6.07 Å². The van der Waals surface area contributed by atoms with Crippen molar-refractivity contribution < 1.29 is 18.7 Å². The Morgan fingerprint density at radius 3 is 2.69 bits per heavy atom. The second-order valence-electron chi connectivity index (χ2n) is 7.13. The van der Waals surface area contributed by atoms with Crippen LogP contribution in [0, 0.1) is 5.82 Å². The summed E-state index contributed by atoms with van der Waals surface area (Å²) in [6, 6.07) is 12.4. The summed E-state index contributed by atoms with van der Waals surface area (Å²) in [4.78, 5) is 31.3. The standard InChI is InChI=1S/C24H21FN2O4S/c1-4-31-23(29)20-14(2)26-24-27(21(20)16-6-5-7-18(13-16)30-3)22(28)19(32-24)12-15-8-10-17(25)11-9-15/h5-13,21H,4H2,1-3H3/t21-/m1/s1. The number of thiazole rings is 1. The lowest BCUT2D eigenvalue weighted by atomic mass is 9.95. The molecular weight excluding hydrogens is 431 g/mol. The van der Waals surface area contributed by atoms with Crippen LogP contribution in [-0.2, 0) is 9.53 Å². The molecule has 0 spiro atoms. The van der Waals surface area contributed by atoms with Crippen molar-refractivity contribution in [2.75, 3.05) is 13.7 Å². The highest BCUT2D eigenvalue weighted by Crippen LogP contribution is 2.32. The number of esters is 1. The van der Waals surface area contributed by atoms with E-state index in [2.05, 4.69) is 4.99 Å². The van der Waals surface area contributed by atoms with Gasteiger partial charge in [0, 0.05) is 0 Å². The quantitative estimate of drug-likeness (QED) is 0.558. The number of rotatable bonds is 5. The van der Waals surface area contributed by atoms with Crippen LogP contribution in [0.3, 0.4) is 0 Å². The van der Waals surface area contributed by atoms with Gasteiger partial charge in [0.05, 0.1) is 35.6 Å². The predicted molar refractivity (Wildman–Crippen MR) is 120 cm³/mol. The van der Waals surface area contributed by atoms with Crippen LogP contribution in [0.25, 0.3) is 6.08 Å². The van der Waals surface area contributed by atoms with Gasteiger partial charge in [-0.05, 0) is 55.3 Å². The Morgan fingerprint density at radius 2 is 2.00 bits per heavy atom. The summed E-state index contributed by atoms with van der Waals surface area (Å²) in [5.74, 6) is -0.264. The maximum Gasteiger partial charge on any atom is 0.338 e. The molecule has 8 heteroatoms. The number of allylic oxidation sites excluding steroid dienone is 1. The molecular formula is C24H21FN2O4S. The zero-order valence-corrected chi connectivity index (χ0v) is 18.6. The van der Waals surface area contributed by atoms with Crippen LogP contribution < -0.4 is 19.6 Å². The molecule has 0 saturated carbocycles. The van der Waals surface area contributed by atoms with Crippen molar-refractivity contribution in [2.45, 2.75) is 19.9 Å². The first-order valence-corrected chi connectivity index (χ1v) is 10.8. The fourth-order valence-electron chi connectivity index (χ4n) is 3.63. The van der Waals surface area contributed by atoms with Gasteiger partial charge in [-0.15, -0.1) is 0 Å². The summed E-state index contributed by atoms with van der Waals surface area (Å²) in [6.07, 6.45) is 1.69. The first-order chi connectivity index (χ1) is 15.4. The smallest absolute Gasteiger partial charge is 0.338 e. The van der Waals surface area contributed by atoms with Gasteiger partial charge < -0.3 is 9.47 Å². The Kier molecular flexibility index (Phi) is 6.05. The molecule has 2 heterocycles. The second kappa shape index (κ2) is 8.92. The van der Waals surface area contributed by atoms with Crippen LogP contribution in [0.5, 0.6) is 5.75 Å². The normalized spacial score (nSPS) is 15.9. The first-order valence-electron chi connectivity index (χ1n) is 10.0. The highest BCUT2D eigenvalue weighted by Gasteiger charge is 2.33. The van der Waals surface area contributed by atoms with Gasteiger partial charge in [0.1, 0.15) is 11.6 Å². The van der Waals surface area contributed by atoms with Gasteiger partial charge in [0.2, 0.25) is 0 Å². The molecule has 0 unspecified atom stereocenters. The van der Waals surface area contributed by atoms with E-state index in [1.165, 1.54) is 28.0 Å². The maximum atomic E-state index is 13.5. The largest absolute Gasteiger partial charge is 0.497 e. The number of hydrogen-bond donors (Lipinski definition) is 0. The van der Waals surface area contributed by atoms with Crippen LogP contribution >= 0.6 is 11.3 Å². The van der Waals surface area contributed by atoms with Gasteiger partial charge in [0.15, 0.2) is 4.80 Å². The number of ether oxygens (including phenoxy) is 2. The molecule has 1 aliphatic rings. The lowest BCUT2D eigenvalue weighted by molar-refractivity contribution is -0.139. The molecule has 1 aromatic heterocycles. The highest BCUT2D eigenvalue weighted by atomic mass is 32.1. The summed E-state index contributed by atoms with van der Waals surface area (Å²) in [6.45, 7) is 3.66. The van der Waals surface area contributed by atoms with Crippen LogP contribution in [0.1, 0.15) is 31.0 Å². The Hall–Kier alpha value is -3.52. The minimum Gasteiger partial charge on any atom is -0.497 e. The Morgan fingerprint density at radius 1 is 1.25 bits per heavy atom. The van der Waals surface area contributed by atoms with Crippen LogP contribution in [0.15, 0.2) is 69.6 Å². The monoisotopic (exact) mass is 452 g/mol. The highest BCUT2D eigenvalue weighted by molar-refractivity contribution is 7.07. The van der Waals surface area contributed by atoms with E-state index in [1.54, 1.807) is 57.4 Å². The maximum absolute atomic E-state index is 13.5. The van der Waals surface area contributed by atoms with Gasteiger partial charge in [0.25, 0.3) is 5.56 Å². The number of fused-ring (bicyclic) bond motifs is 1. The molecule has 0 radical (unpaired) electrons. The van der Waals surface area contributed by atoms with Gasteiger partial charge in [-0.1, -0.05) is 35.6 Å². The Bertz CT molecular complexity index is 1390. The SMILES string of the molecule is CCOC(=O)C1=C(C)N=c2sc(=Cc3ccc(F)cc3)c(=O)n2[C@@H]1c1cccc(OC)c1. The zero-order chi connectivity index (χ0) is 22.8. The minimum atomic E-state index is -0.712. The lowest BCUT2D eigenvalue weighted by Gasteiger charge is -2.25. The van der Waals surface area contributed by atoms with Crippen molar-refractivity contribution >= 4 is 23.4 Å². The van der Waals surface area contributed by atoms with E-state index in [0.717, 1.165) is 0 Å². The van der Waals surface area contributed by atoms with Gasteiger partial charge >= 0.3 is 5.97 Å². The van der Waals surface area contributed by atoms with E-state index in [0.29, 0.717) is 37.5 Å². The predicted octanol–water partition coefficient (Wildman–Crippen LogP) is 2.95. The van der Waals surface area contributed by atoms with Crippen LogP contribution in [-0.4, -0.2) is 24.3 Å². The molecule has 2 aromatic carbocycles. The molecule has 1 aliphatic heterocycles. The summed E-state index contributed by atoms with van der Waals surface area (Å²) in [5.41, 5.74) is 1.90. The third-order valence-electron chi connectivity index (χ3n) is 5.09. The van der Waals surface area contributed by atoms with Crippen molar-refractivity contribution in [3.05, 3.63) is 96.4 Å². The Labute approximate surface area is 187 Å². The number of nitrogens with zero attached hydrogens (tertiary/aromatic N) is 2. The second-order valence-corrected chi connectivity index (χ2v) is 8.14. The number of halogens is 1. The number of hydrogen-bond acceptors (Lipinski definition) is 6. The average Bonchev–Trinajstić information content (AvgIpc) is 3.09. The topological polar surface area (TPSA) is 69.9 Å². The Balaban J connectivity index is 1.96. The molecule has 3 aromatic rings. The number of aromatic nitrogens is 1. The van der Waals surface area contributed by atoms with Gasteiger partial charge in [-0.3, -0.25) is 9.36 Å². The number of carbonyl (C=O) groups excluding carboxylic acids is 1. The average molecular weight is 453 g/mol. The lowest BCUT2D eigenvalue weighted by Crippen LogP contribution is -2.39. The molecule has 0 bridgehead atoms. The third-order valence-corrected chi connectivity index (χ3v) is 6.08. The van der Waals surface area contributed by atoms with E-state index >= 15 is 0 Å². The van der Waals surface area contributed by atoms with E-state index in [-0.39, 0.29) is 18.0 Å². The van der Waals surface area contributed by atoms with Crippen molar-refractivity contribution in [3.63, 3.8) is 0 Å². The van der Waals surface area contributed by atoms with Crippen molar-refractivity contribution in [1.29, 1.82) is 0 Å². The van der Waals surface area contributed by atoms with Gasteiger partial charge in [-0.25, -0.2) is 14.2 Å². The van der Waals surface area contributed by atoms with E-state index in [4.69, 9.17) is 9.47 Å². The molecule has 6 nitrogen and oxygen atoms in total. The molecule has 0 aliphatic carbocycles. The first kappa shape index (κ1) is 21.7. The molecule has 0 amide bonds. The van der Waals surface area contributed by atoms with E-state index < -0.39 is 12.0 Å². The third kappa shape index (κ3) is 4.01. The number of benzene rings is 2. The molecule has 0 saturated heterocycles. The summed E-state index contributed by atoms with van der Waals surface area (Å²) >= 11 is 1.22. The molecule has 0 fully saturated rings. The minimum absolute atomic E-state index is 0.204. The fourth-order valence-corrected chi connectivity index (χ4v) is 4.68. The molecule has 0 N–H and O–H groups in total. The van der Waals surface area contributed by atoms with Gasteiger partial charge in [-0.2, -0.15) is 0 Å². The van der Waals surface area contributed by atoms with Crippen molar-refractivity contribution in [3.8, 4) is 5.75 Å². The van der Waals surface area contributed by atoms with Crippen molar-refractivity contribution in [2.24, 2.45) is 4.99 Å². The molecule has 1 atom stereocenters. The number of methoxy groups -OCH3 is 1. The summed E-state index contributed by atoms with van der Waals surface area (Å²) in [7, 11) is 1.56. The fraction of sp³-hybridized carbons (Fsp3) is 0.208. The van der Waals surface area contributed by atoms with E-state index in [9.17, 15) is 14.0 Å².